The number of carbonyl (C=O) groups is 1. The molecule has 0 radical (unpaired) electrons. The first-order valence-electron chi connectivity index (χ1n) is 6.08. The van der Waals surface area contributed by atoms with Gasteiger partial charge in [0.2, 0.25) is 0 Å². The zero-order chi connectivity index (χ0) is 13.1. The van der Waals surface area contributed by atoms with E-state index in [-0.39, 0.29) is 18.2 Å². The minimum Gasteiger partial charge on any atom is -0.508 e. The molecule has 0 spiro atoms. The number of hydrogen-bond donors (Lipinski definition) is 2. The Bertz CT molecular complexity index is 586. The fourth-order valence-electron chi connectivity index (χ4n) is 2.16. The van der Waals surface area contributed by atoms with Gasteiger partial charge in [-0.3, -0.25) is 4.79 Å². The van der Waals surface area contributed by atoms with Gasteiger partial charge in [0.15, 0.2) is 12.3 Å². The number of ketones is 1. The standard InChI is InChI=1S/C14H17N3O/c1-9-3-4-13-12(5-9)11(7-16-13)6-10(2)14(18)8-17-15/h3-5,7,10,16-17H,6,8H2,1-2H3/t10-/m0/s1. The molecule has 0 fully saturated rings. The first-order valence-corrected chi connectivity index (χ1v) is 6.08. The first-order chi connectivity index (χ1) is 8.61. The van der Waals surface area contributed by atoms with Gasteiger partial charge >= 0.3 is 0 Å². The fourth-order valence-corrected chi connectivity index (χ4v) is 2.16. The van der Waals surface area contributed by atoms with Gasteiger partial charge in [-0.2, -0.15) is 0 Å². The number of benzene rings is 1. The van der Waals surface area contributed by atoms with Gasteiger partial charge in [0.05, 0.1) is 0 Å². The van der Waals surface area contributed by atoms with E-state index >= 15 is 0 Å². The lowest BCUT2D eigenvalue weighted by atomic mass is 9.96. The highest BCUT2D eigenvalue weighted by Crippen LogP contribution is 2.22. The smallest absolute Gasteiger partial charge is 0.199 e. The predicted octanol–water partition coefficient (Wildman–Crippen LogP) is 1.33. The Morgan fingerprint density at radius 3 is 3.00 bits per heavy atom. The van der Waals surface area contributed by atoms with Crippen LogP contribution in [-0.2, 0) is 11.2 Å². The molecule has 4 heteroatoms. The molecular formula is C14H17N3O. The van der Waals surface area contributed by atoms with Crippen molar-refractivity contribution in [2.75, 3.05) is 6.54 Å². The number of Topliss-reactive ketones (excluding diaryl/α,β-unsaturated/α-hetero) is 1. The number of rotatable bonds is 5. The Balaban J connectivity index is 2.24. The Morgan fingerprint density at radius 1 is 1.50 bits per heavy atom. The third kappa shape index (κ3) is 2.47. The molecule has 2 N–H and O–H groups in total. The van der Waals surface area contributed by atoms with E-state index in [1.165, 1.54) is 10.9 Å². The molecule has 0 bridgehead atoms. The van der Waals surface area contributed by atoms with Crippen molar-refractivity contribution in [1.82, 2.24) is 4.98 Å². The van der Waals surface area contributed by atoms with E-state index in [2.05, 4.69) is 30.1 Å². The van der Waals surface area contributed by atoms with E-state index in [1.54, 1.807) is 0 Å². The van der Waals surface area contributed by atoms with Crippen LogP contribution < -0.4 is 5.11 Å². The SMILES string of the molecule is Cc1ccc2[nH]cc(C[C@H](C)C(=O)C[NH+]=[N-])c2c1. The number of aromatic nitrogens is 1. The summed E-state index contributed by atoms with van der Waals surface area (Å²) in [6.07, 6.45) is 2.64. The third-order valence-corrected chi connectivity index (χ3v) is 3.25. The highest BCUT2D eigenvalue weighted by Gasteiger charge is 2.16. The van der Waals surface area contributed by atoms with Crippen LogP contribution in [0.2, 0.25) is 0 Å². The molecule has 0 saturated carbocycles. The number of H-pyrrole nitrogens is 1. The van der Waals surface area contributed by atoms with Crippen LogP contribution in [0.15, 0.2) is 24.4 Å². The molecule has 0 aliphatic heterocycles. The van der Waals surface area contributed by atoms with Crippen molar-refractivity contribution in [3.05, 3.63) is 41.1 Å². The molecule has 2 rings (SSSR count). The molecule has 0 amide bonds. The van der Waals surface area contributed by atoms with Gasteiger partial charge in [0, 0.05) is 23.0 Å². The van der Waals surface area contributed by atoms with Gasteiger partial charge < -0.3 is 15.6 Å². The lowest BCUT2D eigenvalue weighted by Crippen LogP contribution is -2.66. The second-order valence-electron chi connectivity index (χ2n) is 4.77. The highest BCUT2D eigenvalue weighted by molar-refractivity contribution is 5.86. The van der Waals surface area contributed by atoms with E-state index in [0.717, 1.165) is 11.1 Å². The summed E-state index contributed by atoms with van der Waals surface area (Å²) in [6, 6.07) is 6.24. The highest BCUT2D eigenvalue weighted by atomic mass is 16.1. The Kier molecular flexibility index (Phi) is 3.55. The summed E-state index contributed by atoms with van der Waals surface area (Å²) in [4.78, 5) is 14.9. The average Bonchev–Trinajstić information content (AvgIpc) is 2.72. The summed E-state index contributed by atoms with van der Waals surface area (Å²) >= 11 is 0. The van der Waals surface area contributed by atoms with Crippen molar-refractivity contribution in [3.8, 4) is 0 Å². The lowest BCUT2D eigenvalue weighted by Gasteiger charge is -2.07. The van der Waals surface area contributed by atoms with E-state index in [4.69, 9.17) is 5.53 Å². The van der Waals surface area contributed by atoms with Crippen LogP contribution in [0.25, 0.3) is 16.4 Å². The lowest BCUT2D eigenvalue weighted by molar-refractivity contribution is -0.468. The van der Waals surface area contributed by atoms with Crippen molar-refractivity contribution in [2.45, 2.75) is 20.3 Å². The second-order valence-corrected chi connectivity index (χ2v) is 4.77. The quantitative estimate of drug-likeness (QED) is 0.764. The number of fused-ring (bicyclic) bond motifs is 1. The van der Waals surface area contributed by atoms with Crippen molar-refractivity contribution in [2.24, 2.45) is 5.92 Å². The summed E-state index contributed by atoms with van der Waals surface area (Å²) in [7, 11) is 0. The number of hydrogen-bond acceptors (Lipinski definition) is 1. The van der Waals surface area contributed by atoms with Crippen molar-refractivity contribution in [3.63, 3.8) is 0 Å². The van der Waals surface area contributed by atoms with Gasteiger partial charge in [-0.15, -0.1) is 0 Å². The van der Waals surface area contributed by atoms with Gasteiger partial charge in [-0.05, 0) is 31.0 Å². The maximum atomic E-state index is 11.6. The molecule has 1 aromatic carbocycles. The molecule has 0 saturated heterocycles. The van der Waals surface area contributed by atoms with Gasteiger partial charge in [0.1, 0.15) is 0 Å². The minimum atomic E-state index is -0.107. The normalized spacial score (nSPS) is 12.6. The number of aryl methyl sites for hydroxylation is 1. The fraction of sp³-hybridized carbons (Fsp3) is 0.357. The van der Waals surface area contributed by atoms with E-state index in [0.29, 0.717) is 6.42 Å². The molecule has 0 aliphatic carbocycles. The van der Waals surface area contributed by atoms with Crippen LogP contribution in [0, 0.1) is 12.8 Å². The van der Waals surface area contributed by atoms with E-state index in [9.17, 15) is 4.79 Å². The zero-order valence-corrected chi connectivity index (χ0v) is 10.7. The minimum absolute atomic E-state index is 0.00253. The maximum absolute atomic E-state index is 11.6. The summed E-state index contributed by atoms with van der Waals surface area (Å²) in [6.45, 7) is 3.94. The van der Waals surface area contributed by atoms with E-state index < -0.39 is 0 Å². The first kappa shape index (κ1) is 12.5. The Hall–Kier alpha value is -1.97. The molecule has 0 unspecified atom stereocenters. The van der Waals surface area contributed by atoms with Crippen molar-refractivity contribution < 1.29 is 9.91 Å². The Labute approximate surface area is 106 Å². The number of aromatic amines is 1. The molecule has 94 valence electrons. The Morgan fingerprint density at radius 2 is 2.28 bits per heavy atom. The second kappa shape index (κ2) is 5.12. The predicted molar refractivity (Wildman–Crippen MR) is 70.1 cm³/mol. The van der Waals surface area contributed by atoms with Gasteiger partial charge in [-0.1, -0.05) is 18.6 Å². The van der Waals surface area contributed by atoms with Crippen LogP contribution >= 0.6 is 0 Å². The maximum Gasteiger partial charge on any atom is 0.199 e. The number of nitrogens with zero attached hydrogens (tertiary/aromatic N) is 1. The summed E-state index contributed by atoms with van der Waals surface area (Å²) in [5.74, 6) is -0.0938. The monoisotopic (exact) mass is 243 g/mol. The molecule has 1 heterocycles. The molecule has 0 aliphatic rings. The summed E-state index contributed by atoms with van der Waals surface area (Å²) in [5, 5.41) is 3.09. The largest absolute Gasteiger partial charge is 0.508 e. The van der Waals surface area contributed by atoms with Crippen molar-refractivity contribution >= 4 is 16.7 Å². The number of carbonyl (C=O) groups excluding carboxylic acids is 1. The van der Waals surface area contributed by atoms with Crippen LogP contribution in [0.3, 0.4) is 0 Å². The third-order valence-electron chi connectivity index (χ3n) is 3.25. The topological polar surface area (TPSA) is 69.1 Å². The molecule has 1 atom stereocenters. The average molecular weight is 243 g/mol. The van der Waals surface area contributed by atoms with Crippen LogP contribution in [0.4, 0.5) is 0 Å². The van der Waals surface area contributed by atoms with Crippen LogP contribution in [-0.4, -0.2) is 17.3 Å². The zero-order valence-electron chi connectivity index (χ0n) is 10.7. The van der Waals surface area contributed by atoms with Gasteiger partial charge in [-0.25, -0.2) is 0 Å². The van der Waals surface area contributed by atoms with Gasteiger partial charge in [0.25, 0.3) is 0 Å². The summed E-state index contributed by atoms with van der Waals surface area (Å²) < 4.78 is 0. The van der Waals surface area contributed by atoms with E-state index in [1.807, 2.05) is 18.2 Å². The molecular weight excluding hydrogens is 226 g/mol. The van der Waals surface area contributed by atoms with Crippen LogP contribution in [0.5, 0.6) is 0 Å². The van der Waals surface area contributed by atoms with Crippen molar-refractivity contribution in [1.29, 1.82) is 0 Å². The van der Waals surface area contributed by atoms with Crippen LogP contribution in [0.1, 0.15) is 18.1 Å². The molecule has 18 heavy (non-hydrogen) atoms. The molecule has 1 aromatic heterocycles. The molecule has 2 aromatic rings. The molecule has 4 nitrogen and oxygen atoms in total. The summed E-state index contributed by atoms with van der Waals surface area (Å²) in [5.41, 5.74) is 12.0. The number of nitrogens with one attached hydrogen (secondary N) is 2.